The molecule has 0 N–H and O–H groups in total. The zero-order valence-electron chi connectivity index (χ0n) is 10.5. The predicted octanol–water partition coefficient (Wildman–Crippen LogP) is 2.28. The van der Waals surface area contributed by atoms with Crippen LogP contribution in [0.15, 0.2) is 22.9 Å². The normalized spacial score (nSPS) is 10.9. The number of aryl methyl sites for hydroxylation is 1. The number of rotatable bonds is 3. The number of aromatic nitrogens is 3. The van der Waals surface area contributed by atoms with Gasteiger partial charge in [-0.05, 0) is 32.9 Å². The first-order valence-corrected chi connectivity index (χ1v) is 5.57. The summed E-state index contributed by atoms with van der Waals surface area (Å²) >= 11 is 0. The number of hydrogen-bond donors (Lipinski definition) is 0. The second kappa shape index (κ2) is 4.53. The van der Waals surface area contributed by atoms with Gasteiger partial charge in [-0.15, -0.1) is 0 Å². The molecule has 2 heterocycles. The fraction of sp³-hybridized carbons (Fsp3) is 0.417. The largest absolute Gasteiger partial charge is 0.357 e. The third-order valence-electron chi connectivity index (χ3n) is 2.66. The second-order valence-corrected chi connectivity index (χ2v) is 4.26. The van der Waals surface area contributed by atoms with Gasteiger partial charge in [0, 0.05) is 19.3 Å². The van der Waals surface area contributed by atoms with Gasteiger partial charge in [-0.1, -0.05) is 5.16 Å². The predicted molar refractivity (Wildman–Crippen MR) is 65.8 cm³/mol. The fourth-order valence-corrected chi connectivity index (χ4v) is 1.40. The first kappa shape index (κ1) is 11.6. The Kier molecular flexibility index (Phi) is 3.08. The molecule has 2 rings (SSSR count). The van der Waals surface area contributed by atoms with E-state index in [0.717, 1.165) is 11.4 Å². The minimum Gasteiger partial charge on any atom is -0.357 e. The van der Waals surface area contributed by atoms with Crippen LogP contribution in [0.1, 0.15) is 19.7 Å². The van der Waals surface area contributed by atoms with Crippen LogP contribution in [0.3, 0.4) is 0 Å². The topological polar surface area (TPSA) is 55.1 Å². The zero-order chi connectivity index (χ0) is 12.4. The molecule has 0 atom stereocenters. The highest BCUT2D eigenvalue weighted by Gasteiger charge is 2.09. The third kappa shape index (κ3) is 2.43. The Morgan fingerprint density at radius 2 is 2.06 bits per heavy atom. The Hall–Kier alpha value is -1.91. The molecule has 0 radical (unpaired) electrons. The number of nitrogens with zero attached hydrogens (tertiary/aromatic N) is 4. The van der Waals surface area contributed by atoms with Crippen LogP contribution >= 0.6 is 0 Å². The average molecular weight is 232 g/mol. The Bertz CT molecular complexity index is 489. The van der Waals surface area contributed by atoms with Crippen LogP contribution in [-0.2, 0) is 0 Å². The molecule has 0 bridgehead atoms. The summed E-state index contributed by atoms with van der Waals surface area (Å²) in [5.41, 5.74) is 0.839. The summed E-state index contributed by atoms with van der Waals surface area (Å²) in [5, 5.41) is 3.75. The minimum absolute atomic E-state index is 0.416. The molecule has 0 fully saturated rings. The highest BCUT2D eigenvalue weighted by molar-refractivity contribution is 5.54. The van der Waals surface area contributed by atoms with Crippen LogP contribution < -0.4 is 4.90 Å². The van der Waals surface area contributed by atoms with E-state index in [4.69, 9.17) is 4.52 Å². The van der Waals surface area contributed by atoms with Crippen molar-refractivity contribution in [3.8, 4) is 11.5 Å². The van der Waals surface area contributed by atoms with E-state index in [9.17, 15) is 0 Å². The lowest BCUT2D eigenvalue weighted by Crippen LogP contribution is -2.26. The second-order valence-electron chi connectivity index (χ2n) is 4.26. The van der Waals surface area contributed by atoms with Gasteiger partial charge in [0.05, 0.1) is 5.56 Å². The first-order chi connectivity index (χ1) is 8.08. The zero-order valence-corrected chi connectivity index (χ0v) is 10.5. The van der Waals surface area contributed by atoms with Crippen molar-refractivity contribution in [2.75, 3.05) is 11.9 Å². The molecule has 17 heavy (non-hydrogen) atoms. The van der Waals surface area contributed by atoms with Crippen molar-refractivity contribution in [2.24, 2.45) is 0 Å². The molecule has 0 saturated carbocycles. The highest BCUT2D eigenvalue weighted by Crippen LogP contribution is 2.19. The highest BCUT2D eigenvalue weighted by atomic mass is 16.5. The van der Waals surface area contributed by atoms with Crippen molar-refractivity contribution < 1.29 is 4.52 Å². The molecular formula is C12H16N4O. The van der Waals surface area contributed by atoms with Gasteiger partial charge in [-0.25, -0.2) is 4.98 Å². The van der Waals surface area contributed by atoms with Crippen molar-refractivity contribution in [2.45, 2.75) is 26.8 Å². The molecule has 2 aromatic heterocycles. The first-order valence-electron chi connectivity index (χ1n) is 5.57. The van der Waals surface area contributed by atoms with Gasteiger partial charge in [-0.2, -0.15) is 4.98 Å². The molecule has 0 aliphatic carbocycles. The molecule has 0 unspecified atom stereocenters. The van der Waals surface area contributed by atoms with Gasteiger partial charge in [0.2, 0.25) is 0 Å². The van der Waals surface area contributed by atoms with Crippen molar-refractivity contribution in [1.82, 2.24) is 15.1 Å². The van der Waals surface area contributed by atoms with Crippen molar-refractivity contribution in [3.05, 3.63) is 24.2 Å². The van der Waals surface area contributed by atoms with E-state index in [-0.39, 0.29) is 0 Å². The fourth-order valence-electron chi connectivity index (χ4n) is 1.40. The van der Waals surface area contributed by atoms with Crippen LogP contribution in [0, 0.1) is 6.92 Å². The number of hydrogen-bond acceptors (Lipinski definition) is 5. The molecule has 2 aromatic rings. The lowest BCUT2D eigenvalue weighted by atomic mass is 10.2. The van der Waals surface area contributed by atoms with Gasteiger partial charge in [0.15, 0.2) is 5.82 Å². The van der Waals surface area contributed by atoms with E-state index in [1.807, 2.05) is 19.2 Å². The van der Waals surface area contributed by atoms with E-state index < -0.39 is 0 Å². The van der Waals surface area contributed by atoms with Gasteiger partial charge >= 0.3 is 0 Å². The van der Waals surface area contributed by atoms with Crippen molar-refractivity contribution >= 4 is 5.82 Å². The van der Waals surface area contributed by atoms with E-state index in [1.54, 1.807) is 13.1 Å². The molecule has 0 saturated heterocycles. The summed E-state index contributed by atoms with van der Waals surface area (Å²) in [6.45, 7) is 6.04. The molecule has 0 aliphatic heterocycles. The summed E-state index contributed by atoms with van der Waals surface area (Å²) in [4.78, 5) is 10.6. The maximum absolute atomic E-state index is 5.08. The SMILES string of the molecule is Cc1noc(-c2ccc(N(C)C(C)C)nc2)n1. The molecule has 0 amide bonds. The smallest absolute Gasteiger partial charge is 0.259 e. The monoisotopic (exact) mass is 232 g/mol. The van der Waals surface area contributed by atoms with E-state index in [2.05, 4.69) is 33.9 Å². The maximum Gasteiger partial charge on any atom is 0.259 e. The molecular weight excluding hydrogens is 216 g/mol. The molecule has 5 heteroatoms. The lowest BCUT2D eigenvalue weighted by Gasteiger charge is -2.22. The summed E-state index contributed by atoms with van der Waals surface area (Å²) in [7, 11) is 2.02. The maximum atomic E-state index is 5.08. The number of pyridine rings is 1. The van der Waals surface area contributed by atoms with Crippen molar-refractivity contribution in [3.63, 3.8) is 0 Å². The van der Waals surface area contributed by atoms with Gasteiger partial charge in [0.1, 0.15) is 5.82 Å². The Labute approximate surface area is 100 Å². The van der Waals surface area contributed by atoms with Gasteiger partial charge < -0.3 is 9.42 Å². The van der Waals surface area contributed by atoms with Crippen LogP contribution in [0.25, 0.3) is 11.5 Å². The lowest BCUT2D eigenvalue weighted by molar-refractivity contribution is 0.425. The Balaban J connectivity index is 2.24. The minimum atomic E-state index is 0.416. The van der Waals surface area contributed by atoms with E-state index in [1.165, 1.54) is 0 Å². The quantitative estimate of drug-likeness (QED) is 0.812. The number of anilines is 1. The van der Waals surface area contributed by atoms with Crippen LogP contribution in [0.5, 0.6) is 0 Å². The van der Waals surface area contributed by atoms with Crippen LogP contribution in [0.2, 0.25) is 0 Å². The molecule has 0 aliphatic rings. The van der Waals surface area contributed by atoms with Crippen molar-refractivity contribution in [1.29, 1.82) is 0 Å². The standard InChI is InChI=1S/C12H16N4O/c1-8(2)16(4)11-6-5-10(7-13-11)12-14-9(3)15-17-12/h5-8H,1-4H3. The van der Waals surface area contributed by atoms with Gasteiger partial charge in [-0.3, -0.25) is 0 Å². The molecule has 90 valence electrons. The summed E-state index contributed by atoms with van der Waals surface area (Å²) in [5.74, 6) is 2.07. The van der Waals surface area contributed by atoms with E-state index >= 15 is 0 Å². The third-order valence-corrected chi connectivity index (χ3v) is 2.66. The van der Waals surface area contributed by atoms with Crippen LogP contribution in [-0.4, -0.2) is 28.2 Å². The average Bonchev–Trinajstić information content (AvgIpc) is 2.75. The Morgan fingerprint density at radius 1 is 1.29 bits per heavy atom. The molecule has 0 aromatic carbocycles. The Morgan fingerprint density at radius 3 is 2.53 bits per heavy atom. The summed E-state index contributed by atoms with van der Waals surface area (Å²) in [6, 6.07) is 4.31. The van der Waals surface area contributed by atoms with Crippen LogP contribution in [0.4, 0.5) is 5.82 Å². The summed E-state index contributed by atoms with van der Waals surface area (Å²) < 4.78 is 5.08. The summed E-state index contributed by atoms with van der Waals surface area (Å²) in [6.07, 6.45) is 1.75. The van der Waals surface area contributed by atoms with Gasteiger partial charge in [0.25, 0.3) is 5.89 Å². The van der Waals surface area contributed by atoms with E-state index in [0.29, 0.717) is 17.8 Å². The molecule has 0 spiro atoms. The molecule has 5 nitrogen and oxygen atoms in total.